The first-order valence-corrected chi connectivity index (χ1v) is 4.24. The molecule has 0 atom stereocenters. The Kier molecular flexibility index (Phi) is 1.22. The molecule has 4 heteroatoms. The van der Waals surface area contributed by atoms with Gasteiger partial charge in [-0.25, -0.2) is 0 Å². The molecule has 3 aliphatic rings. The van der Waals surface area contributed by atoms with E-state index in [1.54, 1.807) is 0 Å². The minimum Gasteiger partial charge on any atom is -0.179 e. The highest BCUT2D eigenvalue weighted by atomic mass is 32.1. The molecule has 0 heterocycles. The molecule has 0 radical (unpaired) electrons. The normalized spacial score (nSPS) is 48.0. The summed E-state index contributed by atoms with van der Waals surface area (Å²) in [4.78, 5) is 0. The van der Waals surface area contributed by atoms with Crippen LogP contribution in [-0.2, 0) is 0 Å². The maximum Gasteiger partial charge on any atom is 0.394 e. The van der Waals surface area contributed by atoms with Crippen LogP contribution in [0.5, 0.6) is 0 Å². The van der Waals surface area contributed by atoms with Crippen molar-refractivity contribution in [3.63, 3.8) is 0 Å². The number of halogens is 3. The SMILES string of the molecule is FC(F)(F)C12CC(CS)(C1)C2. The average Bonchev–Trinajstić information content (AvgIpc) is 1.53. The fourth-order valence-electron chi connectivity index (χ4n) is 2.47. The Labute approximate surface area is 68.6 Å². The van der Waals surface area contributed by atoms with E-state index in [-0.39, 0.29) is 5.41 Å². The first kappa shape index (κ1) is 7.77. The molecule has 11 heavy (non-hydrogen) atoms. The summed E-state index contributed by atoms with van der Waals surface area (Å²) in [6.45, 7) is 0. The van der Waals surface area contributed by atoms with Gasteiger partial charge < -0.3 is 0 Å². The topological polar surface area (TPSA) is 0 Å². The Morgan fingerprint density at radius 3 is 1.91 bits per heavy atom. The smallest absolute Gasteiger partial charge is 0.179 e. The summed E-state index contributed by atoms with van der Waals surface area (Å²) in [5.74, 6) is 0.616. The van der Waals surface area contributed by atoms with Crippen LogP contribution in [0.15, 0.2) is 0 Å². The lowest BCUT2D eigenvalue weighted by atomic mass is 9.35. The highest BCUT2D eigenvalue weighted by Gasteiger charge is 2.77. The Bertz CT molecular complexity index is 177. The number of thiol groups is 1. The molecule has 64 valence electrons. The predicted octanol–water partition coefficient (Wildman–Crippen LogP) is 2.65. The summed E-state index contributed by atoms with van der Waals surface area (Å²) in [6, 6.07) is 0. The average molecular weight is 182 g/mol. The lowest BCUT2D eigenvalue weighted by Crippen LogP contribution is -2.68. The third-order valence-corrected chi connectivity index (χ3v) is 3.75. The first-order valence-electron chi connectivity index (χ1n) is 3.61. The van der Waals surface area contributed by atoms with Crippen molar-refractivity contribution in [3.05, 3.63) is 0 Å². The molecule has 0 N–H and O–H groups in total. The van der Waals surface area contributed by atoms with E-state index in [1.807, 2.05) is 0 Å². The van der Waals surface area contributed by atoms with Gasteiger partial charge in [0.15, 0.2) is 0 Å². The summed E-state index contributed by atoms with van der Waals surface area (Å²) < 4.78 is 36.6. The van der Waals surface area contributed by atoms with Crippen molar-refractivity contribution in [3.8, 4) is 0 Å². The van der Waals surface area contributed by atoms with Gasteiger partial charge in [-0.05, 0) is 30.4 Å². The Morgan fingerprint density at radius 1 is 1.18 bits per heavy atom. The summed E-state index contributed by atoms with van der Waals surface area (Å²) in [7, 11) is 0. The monoisotopic (exact) mass is 182 g/mol. The fraction of sp³-hybridized carbons (Fsp3) is 1.00. The van der Waals surface area contributed by atoms with Gasteiger partial charge in [0, 0.05) is 0 Å². The Hall–Kier alpha value is 0.140. The van der Waals surface area contributed by atoms with Gasteiger partial charge in [0.1, 0.15) is 0 Å². The lowest BCUT2D eigenvalue weighted by Gasteiger charge is -2.70. The molecule has 0 aliphatic heterocycles. The number of hydrogen-bond donors (Lipinski definition) is 1. The molecular formula is C7H9F3S. The zero-order valence-corrected chi connectivity index (χ0v) is 6.80. The van der Waals surface area contributed by atoms with Crippen LogP contribution in [0.4, 0.5) is 13.2 Å². The number of rotatable bonds is 1. The van der Waals surface area contributed by atoms with Crippen LogP contribution < -0.4 is 0 Å². The van der Waals surface area contributed by atoms with E-state index in [4.69, 9.17) is 0 Å². The molecule has 3 rings (SSSR count). The first-order chi connectivity index (χ1) is 4.93. The van der Waals surface area contributed by atoms with Crippen LogP contribution in [0.2, 0.25) is 0 Å². The maximum absolute atomic E-state index is 12.2. The summed E-state index contributed by atoms with van der Waals surface area (Å²) >= 11 is 4.04. The quantitative estimate of drug-likeness (QED) is 0.592. The lowest BCUT2D eigenvalue weighted by molar-refractivity contribution is -0.356. The fourth-order valence-corrected chi connectivity index (χ4v) is 2.80. The van der Waals surface area contributed by atoms with Crippen LogP contribution in [-0.4, -0.2) is 11.9 Å². The molecule has 0 aromatic heterocycles. The van der Waals surface area contributed by atoms with E-state index in [0.29, 0.717) is 25.0 Å². The zero-order valence-electron chi connectivity index (χ0n) is 5.91. The van der Waals surface area contributed by atoms with Crippen molar-refractivity contribution in [2.75, 3.05) is 5.75 Å². The van der Waals surface area contributed by atoms with Crippen molar-refractivity contribution in [1.82, 2.24) is 0 Å². The molecule has 0 unspecified atom stereocenters. The molecule has 0 aromatic rings. The molecule has 0 aromatic carbocycles. The van der Waals surface area contributed by atoms with E-state index in [9.17, 15) is 13.2 Å². The molecule has 0 nitrogen and oxygen atoms in total. The van der Waals surface area contributed by atoms with Crippen molar-refractivity contribution in [1.29, 1.82) is 0 Å². The van der Waals surface area contributed by atoms with E-state index >= 15 is 0 Å². The molecule has 0 spiro atoms. The summed E-state index contributed by atoms with van der Waals surface area (Å²) in [5.41, 5.74) is -1.31. The van der Waals surface area contributed by atoms with Gasteiger partial charge >= 0.3 is 6.18 Å². The number of alkyl halides is 3. The van der Waals surface area contributed by atoms with E-state index in [0.717, 1.165) is 0 Å². The third kappa shape index (κ3) is 0.740. The van der Waals surface area contributed by atoms with Crippen molar-refractivity contribution >= 4 is 12.6 Å². The minimum atomic E-state index is -3.96. The summed E-state index contributed by atoms with van der Waals surface area (Å²) in [6.07, 6.45) is -2.98. The standard InChI is InChI=1S/C7H9F3S/c8-7(9,10)6-1-5(2-6,3-6)4-11/h11H,1-4H2. The predicted molar refractivity (Wildman–Crippen MR) is 38.6 cm³/mol. The molecular weight excluding hydrogens is 173 g/mol. The second-order valence-electron chi connectivity index (χ2n) is 3.97. The highest BCUT2D eigenvalue weighted by molar-refractivity contribution is 7.80. The van der Waals surface area contributed by atoms with Crippen molar-refractivity contribution in [2.24, 2.45) is 10.8 Å². The van der Waals surface area contributed by atoms with Crippen LogP contribution in [0.25, 0.3) is 0 Å². The van der Waals surface area contributed by atoms with E-state index in [1.165, 1.54) is 0 Å². The van der Waals surface area contributed by atoms with Crippen molar-refractivity contribution in [2.45, 2.75) is 25.4 Å². The maximum atomic E-state index is 12.2. The molecule has 3 fully saturated rings. The third-order valence-electron chi connectivity index (χ3n) is 3.08. The molecule has 2 bridgehead atoms. The van der Waals surface area contributed by atoms with Crippen LogP contribution in [0.1, 0.15) is 19.3 Å². The largest absolute Gasteiger partial charge is 0.394 e. The van der Waals surface area contributed by atoms with Crippen LogP contribution in [0.3, 0.4) is 0 Å². The molecule has 0 amide bonds. The van der Waals surface area contributed by atoms with Gasteiger partial charge in [-0.3, -0.25) is 0 Å². The second-order valence-corrected chi connectivity index (χ2v) is 4.28. The highest BCUT2D eigenvalue weighted by Crippen LogP contribution is 2.78. The van der Waals surface area contributed by atoms with Crippen LogP contribution in [0, 0.1) is 10.8 Å². The minimum absolute atomic E-state index is 0.0291. The number of hydrogen-bond acceptors (Lipinski definition) is 1. The Morgan fingerprint density at radius 2 is 1.64 bits per heavy atom. The van der Waals surface area contributed by atoms with Gasteiger partial charge in [-0.1, -0.05) is 0 Å². The molecule has 3 saturated carbocycles. The van der Waals surface area contributed by atoms with Gasteiger partial charge in [-0.15, -0.1) is 0 Å². The second kappa shape index (κ2) is 1.73. The van der Waals surface area contributed by atoms with Gasteiger partial charge in [0.2, 0.25) is 0 Å². The molecule has 3 aliphatic carbocycles. The molecule has 0 saturated heterocycles. The Balaban J connectivity index is 2.04. The van der Waals surface area contributed by atoms with Gasteiger partial charge in [0.05, 0.1) is 5.41 Å². The summed E-state index contributed by atoms with van der Waals surface area (Å²) in [5, 5.41) is 0. The van der Waals surface area contributed by atoms with E-state index < -0.39 is 11.6 Å². The zero-order chi connectivity index (χ0) is 8.33. The van der Waals surface area contributed by atoms with E-state index in [2.05, 4.69) is 12.6 Å². The van der Waals surface area contributed by atoms with Gasteiger partial charge in [-0.2, -0.15) is 25.8 Å². The van der Waals surface area contributed by atoms with Crippen molar-refractivity contribution < 1.29 is 13.2 Å². The van der Waals surface area contributed by atoms with Gasteiger partial charge in [0.25, 0.3) is 0 Å². The van der Waals surface area contributed by atoms with Crippen LogP contribution >= 0.6 is 12.6 Å².